The number of nitrogens with one attached hydrogen (secondary N) is 1. The molecule has 0 aliphatic carbocycles. The lowest BCUT2D eigenvalue weighted by Crippen LogP contribution is -2.07. The van der Waals surface area contributed by atoms with Crippen molar-refractivity contribution in [2.75, 3.05) is 6.54 Å². The number of aliphatic carboxylic acids is 1. The highest BCUT2D eigenvalue weighted by atomic mass is 16.4. The molecule has 0 bridgehead atoms. The first-order chi connectivity index (χ1) is 4.15. The molecule has 0 aromatic rings. The van der Waals surface area contributed by atoms with Crippen LogP contribution in [0.2, 0.25) is 0 Å². The molecule has 0 saturated heterocycles. The van der Waals surface area contributed by atoms with E-state index in [1.54, 1.807) is 0 Å². The average molecular weight is 133 g/mol. The Bertz CT molecular complexity index is 78.3. The second-order valence-corrected chi connectivity index (χ2v) is 1.19. The smallest absolute Gasteiger partial charge is 0.300 e. The molecule has 0 heterocycles. The molecule has 54 valence electrons. The first kappa shape index (κ1) is 10.8. The van der Waals surface area contributed by atoms with E-state index in [9.17, 15) is 4.79 Å². The minimum atomic E-state index is -0.833. The van der Waals surface area contributed by atoms with Crippen LogP contribution in [0.5, 0.6) is 0 Å². The van der Waals surface area contributed by atoms with Crippen LogP contribution in [0.4, 0.5) is 0 Å². The van der Waals surface area contributed by atoms with Gasteiger partial charge < -0.3 is 10.4 Å². The highest BCUT2D eigenvalue weighted by Crippen LogP contribution is 1.42. The fourth-order valence-electron chi connectivity index (χ4n) is 0.0833. The predicted octanol–water partition coefficient (Wildman–Crippen LogP) is -0.157. The monoisotopic (exact) mass is 133 g/mol. The van der Waals surface area contributed by atoms with Gasteiger partial charge in [-0.2, -0.15) is 0 Å². The molecule has 4 nitrogen and oxygen atoms in total. The summed E-state index contributed by atoms with van der Waals surface area (Å²) in [6, 6.07) is 0. The van der Waals surface area contributed by atoms with E-state index in [1.165, 1.54) is 0 Å². The molecule has 0 aromatic heterocycles. The van der Waals surface area contributed by atoms with Gasteiger partial charge in [-0.1, -0.05) is 0 Å². The van der Waals surface area contributed by atoms with Gasteiger partial charge in [0.15, 0.2) is 0 Å². The SMILES string of the molecule is CC(=O)O.CCNC=O. The molecule has 0 fully saturated rings. The van der Waals surface area contributed by atoms with E-state index < -0.39 is 5.97 Å². The van der Waals surface area contributed by atoms with Crippen LogP contribution in [0, 0.1) is 0 Å². The molecule has 0 aliphatic rings. The van der Waals surface area contributed by atoms with Crippen molar-refractivity contribution in [3.63, 3.8) is 0 Å². The van der Waals surface area contributed by atoms with Crippen LogP contribution < -0.4 is 5.32 Å². The van der Waals surface area contributed by atoms with Crippen molar-refractivity contribution in [1.82, 2.24) is 5.32 Å². The van der Waals surface area contributed by atoms with E-state index in [1.807, 2.05) is 6.92 Å². The van der Waals surface area contributed by atoms with Gasteiger partial charge in [0.2, 0.25) is 6.41 Å². The fourth-order valence-corrected chi connectivity index (χ4v) is 0.0833. The second-order valence-electron chi connectivity index (χ2n) is 1.19. The van der Waals surface area contributed by atoms with E-state index in [0.29, 0.717) is 6.41 Å². The Balaban J connectivity index is 0. The molecule has 2 N–H and O–H groups in total. The van der Waals surface area contributed by atoms with Gasteiger partial charge in [-0.25, -0.2) is 0 Å². The molecular formula is C5H11NO3. The summed E-state index contributed by atoms with van der Waals surface area (Å²) in [6.45, 7) is 3.68. The van der Waals surface area contributed by atoms with Crippen LogP contribution in [0.3, 0.4) is 0 Å². The van der Waals surface area contributed by atoms with E-state index in [4.69, 9.17) is 9.90 Å². The fraction of sp³-hybridized carbons (Fsp3) is 0.600. The molecule has 0 atom stereocenters. The number of hydrogen-bond donors (Lipinski definition) is 2. The number of amides is 1. The minimum Gasteiger partial charge on any atom is -0.481 e. The summed E-state index contributed by atoms with van der Waals surface area (Å²) in [5, 5.41) is 9.85. The first-order valence-corrected chi connectivity index (χ1v) is 2.51. The highest BCUT2D eigenvalue weighted by Gasteiger charge is 1.65. The number of carbonyl (C=O) groups is 2. The van der Waals surface area contributed by atoms with Gasteiger partial charge in [-0.3, -0.25) is 9.59 Å². The van der Waals surface area contributed by atoms with E-state index in [-0.39, 0.29) is 0 Å². The Morgan fingerprint density at radius 2 is 2.11 bits per heavy atom. The first-order valence-electron chi connectivity index (χ1n) is 2.51. The van der Waals surface area contributed by atoms with Crippen molar-refractivity contribution in [2.24, 2.45) is 0 Å². The zero-order valence-electron chi connectivity index (χ0n) is 5.55. The van der Waals surface area contributed by atoms with Gasteiger partial charge in [0, 0.05) is 13.5 Å². The quantitative estimate of drug-likeness (QED) is 0.514. The van der Waals surface area contributed by atoms with E-state index in [2.05, 4.69) is 5.32 Å². The van der Waals surface area contributed by atoms with Gasteiger partial charge in [0.25, 0.3) is 5.97 Å². The van der Waals surface area contributed by atoms with Crippen LogP contribution in [-0.2, 0) is 9.59 Å². The standard InChI is InChI=1S/C3H7NO.C2H4O2/c1-2-4-3-5;1-2(3)4/h3H,2H2,1H3,(H,4,5);1H3,(H,3,4). The minimum absolute atomic E-state index is 0.681. The largest absolute Gasteiger partial charge is 0.481 e. The highest BCUT2D eigenvalue weighted by molar-refractivity contribution is 5.62. The molecule has 0 aromatic carbocycles. The molecule has 9 heavy (non-hydrogen) atoms. The van der Waals surface area contributed by atoms with Gasteiger partial charge >= 0.3 is 0 Å². The number of hydrogen-bond acceptors (Lipinski definition) is 2. The molecule has 4 heteroatoms. The Morgan fingerprint density at radius 1 is 1.78 bits per heavy atom. The van der Waals surface area contributed by atoms with E-state index in [0.717, 1.165) is 13.5 Å². The van der Waals surface area contributed by atoms with Crippen LogP contribution >= 0.6 is 0 Å². The third-order valence-corrected chi connectivity index (χ3v) is 0.287. The van der Waals surface area contributed by atoms with Crippen molar-refractivity contribution in [1.29, 1.82) is 0 Å². The third-order valence-electron chi connectivity index (χ3n) is 0.287. The molecule has 0 saturated carbocycles. The lowest BCUT2D eigenvalue weighted by Gasteiger charge is -1.78. The molecule has 0 spiro atoms. The molecular weight excluding hydrogens is 122 g/mol. The number of rotatable bonds is 2. The molecule has 0 rings (SSSR count). The molecule has 0 radical (unpaired) electrons. The molecule has 0 aliphatic heterocycles. The molecule has 1 amide bonds. The summed E-state index contributed by atoms with van der Waals surface area (Å²) in [5.74, 6) is -0.833. The van der Waals surface area contributed by atoms with Crippen molar-refractivity contribution in [3.05, 3.63) is 0 Å². The zero-order valence-corrected chi connectivity index (χ0v) is 5.55. The Morgan fingerprint density at radius 3 is 2.11 bits per heavy atom. The third kappa shape index (κ3) is 192. The maximum Gasteiger partial charge on any atom is 0.300 e. The van der Waals surface area contributed by atoms with Crippen molar-refractivity contribution in [2.45, 2.75) is 13.8 Å². The van der Waals surface area contributed by atoms with Crippen LogP contribution in [0.15, 0.2) is 0 Å². The van der Waals surface area contributed by atoms with Crippen molar-refractivity contribution < 1.29 is 14.7 Å². The maximum atomic E-state index is 9.29. The normalized spacial score (nSPS) is 6.44. The number of carboxylic acids is 1. The maximum absolute atomic E-state index is 9.29. The molecule has 0 unspecified atom stereocenters. The predicted molar refractivity (Wildman–Crippen MR) is 33.1 cm³/mol. The summed E-state index contributed by atoms with van der Waals surface area (Å²) in [6.07, 6.45) is 0.681. The summed E-state index contributed by atoms with van der Waals surface area (Å²) in [5.41, 5.74) is 0. The second kappa shape index (κ2) is 10.0. The Hall–Kier alpha value is -1.06. The summed E-state index contributed by atoms with van der Waals surface area (Å²) in [4.78, 5) is 18.3. The van der Waals surface area contributed by atoms with Crippen LogP contribution in [0.1, 0.15) is 13.8 Å². The number of carbonyl (C=O) groups excluding carboxylic acids is 1. The summed E-state index contributed by atoms with van der Waals surface area (Å²) < 4.78 is 0. The van der Waals surface area contributed by atoms with Crippen LogP contribution in [-0.4, -0.2) is 24.0 Å². The summed E-state index contributed by atoms with van der Waals surface area (Å²) in [7, 11) is 0. The van der Waals surface area contributed by atoms with Gasteiger partial charge in [0.05, 0.1) is 0 Å². The summed E-state index contributed by atoms with van der Waals surface area (Å²) >= 11 is 0. The Labute approximate surface area is 53.9 Å². The van der Waals surface area contributed by atoms with E-state index >= 15 is 0 Å². The zero-order chi connectivity index (χ0) is 7.70. The lowest BCUT2D eigenvalue weighted by molar-refractivity contribution is -0.134. The van der Waals surface area contributed by atoms with Crippen LogP contribution in [0.25, 0.3) is 0 Å². The average Bonchev–Trinajstić information content (AvgIpc) is 1.66. The van der Waals surface area contributed by atoms with Crippen molar-refractivity contribution in [3.8, 4) is 0 Å². The van der Waals surface area contributed by atoms with Crippen molar-refractivity contribution >= 4 is 12.4 Å². The van der Waals surface area contributed by atoms with Gasteiger partial charge in [-0.15, -0.1) is 0 Å². The Kier molecular flexibility index (Phi) is 12.1. The number of carboxylic acid groups (broad SMARTS) is 1. The van der Waals surface area contributed by atoms with Gasteiger partial charge in [-0.05, 0) is 6.92 Å². The van der Waals surface area contributed by atoms with Gasteiger partial charge in [0.1, 0.15) is 0 Å². The lowest BCUT2D eigenvalue weighted by atomic mass is 10.8. The topological polar surface area (TPSA) is 66.4 Å².